The largest absolute Gasteiger partial charge is 0.459 e. The van der Waals surface area contributed by atoms with Crippen LogP contribution in [0.4, 0.5) is 10.5 Å². The Labute approximate surface area is 179 Å². The Kier molecular flexibility index (Phi) is 5.97. The number of rotatable bonds is 4. The Balaban J connectivity index is 1.30. The number of urea groups is 1. The molecule has 2 amide bonds. The molecule has 0 bridgehead atoms. The lowest BCUT2D eigenvalue weighted by Crippen LogP contribution is -2.42. The number of anilines is 1. The molecule has 8 heteroatoms. The molecule has 1 saturated heterocycles. The van der Waals surface area contributed by atoms with Crippen LogP contribution in [0, 0.1) is 12.8 Å². The van der Waals surface area contributed by atoms with Crippen molar-refractivity contribution in [1.29, 1.82) is 0 Å². The Morgan fingerprint density at radius 1 is 1.13 bits per heavy atom. The number of aryl methyl sites for hydroxylation is 1. The highest BCUT2D eigenvalue weighted by Crippen LogP contribution is 2.20. The third kappa shape index (κ3) is 4.74. The predicted octanol–water partition coefficient (Wildman–Crippen LogP) is 2.99. The first-order chi connectivity index (χ1) is 15.0. The van der Waals surface area contributed by atoms with Gasteiger partial charge in [0, 0.05) is 31.0 Å². The number of para-hydroxylation sites is 1. The second-order valence-electron chi connectivity index (χ2n) is 7.64. The van der Waals surface area contributed by atoms with E-state index in [-0.39, 0.29) is 30.1 Å². The third-order valence-electron chi connectivity index (χ3n) is 5.44. The fraction of sp³-hybridized carbons (Fsp3) is 0.304. The van der Waals surface area contributed by atoms with Gasteiger partial charge in [-0.1, -0.05) is 24.3 Å². The number of pyridine rings is 1. The fourth-order valence-electron chi connectivity index (χ4n) is 3.69. The van der Waals surface area contributed by atoms with E-state index in [0.29, 0.717) is 37.3 Å². The second-order valence-corrected chi connectivity index (χ2v) is 7.64. The lowest BCUT2D eigenvalue weighted by molar-refractivity contribution is -0.151. The molecule has 160 valence electrons. The normalized spacial score (nSPS) is 14.4. The van der Waals surface area contributed by atoms with Crippen molar-refractivity contribution in [3.63, 3.8) is 0 Å². The van der Waals surface area contributed by atoms with Gasteiger partial charge >= 0.3 is 12.0 Å². The molecule has 0 atom stereocenters. The zero-order valence-corrected chi connectivity index (χ0v) is 17.3. The minimum absolute atomic E-state index is 0.0480. The average Bonchev–Trinajstić information content (AvgIpc) is 2.79. The molecule has 1 aliphatic heterocycles. The Morgan fingerprint density at radius 2 is 1.87 bits per heavy atom. The lowest BCUT2D eigenvalue weighted by Gasteiger charge is -2.30. The van der Waals surface area contributed by atoms with Crippen LogP contribution >= 0.6 is 0 Å². The molecule has 0 aliphatic carbocycles. The Hall–Kier alpha value is -3.68. The second kappa shape index (κ2) is 8.99. The van der Waals surface area contributed by atoms with Gasteiger partial charge < -0.3 is 15.0 Å². The van der Waals surface area contributed by atoms with Gasteiger partial charge in [0.05, 0.1) is 11.6 Å². The molecule has 1 N–H and O–H groups in total. The quantitative estimate of drug-likeness (QED) is 0.655. The molecule has 0 spiro atoms. The molecule has 1 fully saturated rings. The van der Waals surface area contributed by atoms with Gasteiger partial charge in [0.15, 0.2) is 0 Å². The first kappa shape index (κ1) is 20.6. The molecule has 31 heavy (non-hydrogen) atoms. The van der Waals surface area contributed by atoms with E-state index in [9.17, 15) is 14.4 Å². The summed E-state index contributed by atoms with van der Waals surface area (Å²) in [6, 6.07) is 14.1. The van der Waals surface area contributed by atoms with Crippen LogP contribution in [0.1, 0.15) is 24.1 Å². The van der Waals surface area contributed by atoms with Gasteiger partial charge in [0.1, 0.15) is 12.3 Å². The summed E-state index contributed by atoms with van der Waals surface area (Å²) in [5, 5.41) is 2.86. The van der Waals surface area contributed by atoms with E-state index in [0.717, 1.165) is 11.3 Å². The Morgan fingerprint density at radius 3 is 2.61 bits per heavy atom. The number of hydrogen-bond donors (Lipinski definition) is 1. The van der Waals surface area contributed by atoms with E-state index in [1.807, 2.05) is 43.3 Å². The van der Waals surface area contributed by atoms with Crippen LogP contribution in [0.2, 0.25) is 0 Å². The number of aromatic nitrogens is 2. The summed E-state index contributed by atoms with van der Waals surface area (Å²) in [6.07, 6.45) is 2.73. The van der Waals surface area contributed by atoms with E-state index in [1.165, 1.54) is 10.5 Å². The van der Waals surface area contributed by atoms with Gasteiger partial charge in [0.25, 0.3) is 5.56 Å². The highest BCUT2D eigenvalue weighted by molar-refractivity contribution is 5.89. The van der Waals surface area contributed by atoms with Crippen molar-refractivity contribution in [3.8, 4) is 0 Å². The highest BCUT2D eigenvalue weighted by atomic mass is 16.5. The van der Waals surface area contributed by atoms with Crippen LogP contribution in [0.15, 0.2) is 59.5 Å². The minimum Gasteiger partial charge on any atom is -0.459 e. The molecule has 0 saturated carbocycles. The summed E-state index contributed by atoms with van der Waals surface area (Å²) >= 11 is 0. The number of piperidine rings is 1. The van der Waals surface area contributed by atoms with Crippen molar-refractivity contribution in [2.24, 2.45) is 5.92 Å². The number of carbonyl (C=O) groups is 2. The van der Waals surface area contributed by atoms with Gasteiger partial charge in [-0.15, -0.1) is 0 Å². The number of likely N-dealkylation sites (tertiary alicyclic amines) is 1. The number of nitrogens with zero attached hydrogens (tertiary/aromatic N) is 3. The summed E-state index contributed by atoms with van der Waals surface area (Å²) in [4.78, 5) is 43.3. The van der Waals surface area contributed by atoms with Crippen LogP contribution in [0.5, 0.6) is 0 Å². The molecule has 4 rings (SSSR count). The van der Waals surface area contributed by atoms with E-state index < -0.39 is 0 Å². The monoisotopic (exact) mass is 420 g/mol. The molecule has 1 aliphatic rings. The number of esters is 1. The van der Waals surface area contributed by atoms with Crippen LogP contribution in [0.25, 0.3) is 5.65 Å². The van der Waals surface area contributed by atoms with Crippen molar-refractivity contribution < 1.29 is 14.3 Å². The van der Waals surface area contributed by atoms with Crippen molar-refractivity contribution >= 4 is 23.3 Å². The van der Waals surface area contributed by atoms with Crippen molar-refractivity contribution in [2.45, 2.75) is 26.4 Å². The van der Waals surface area contributed by atoms with Gasteiger partial charge in [0.2, 0.25) is 0 Å². The molecule has 2 aromatic heterocycles. The van der Waals surface area contributed by atoms with E-state index in [1.54, 1.807) is 17.2 Å². The zero-order chi connectivity index (χ0) is 21.8. The van der Waals surface area contributed by atoms with E-state index in [4.69, 9.17) is 4.74 Å². The van der Waals surface area contributed by atoms with Gasteiger partial charge in [-0.3, -0.25) is 14.0 Å². The minimum atomic E-state index is -0.324. The molecule has 3 aromatic rings. The van der Waals surface area contributed by atoms with Crippen LogP contribution < -0.4 is 10.9 Å². The third-order valence-corrected chi connectivity index (χ3v) is 5.44. The van der Waals surface area contributed by atoms with E-state index in [2.05, 4.69) is 10.3 Å². The number of hydrogen-bond acceptors (Lipinski definition) is 5. The van der Waals surface area contributed by atoms with Gasteiger partial charge in [-0.2, -0.15) is 0 Å². The summed E-state index contributed by atoms with van der Waals surface area (Å²) < 4.78 is 6.90. The molecular weight excluding hydrogens is 396 g/mol. The van der Waals surface area contributed by atoms with Crippen LogP contribution in [0.3, 0.4) is 0 Å². The van der Waals surface area contributed by atoms with Crippen LogP contribution in [-0.4, -0.2) is 39.4 Å². The summed E-state index contributed by atoms with van der Waals surface area (Å²) in [7, 11) is 0. The molecule has 1 aromatic carbocycles. The van der Waals surface area contributed by atoms with Gasteiger partial charge in [-0.25, -0.2) is 9.78 Å². The molecule has 0 radical (unpaired) electrons. The first-order valence-electron chi connectivity index (χ1n) is 10.3. The van der Waals surface area contributed by atoms with Crippen molar-refractivity contribution in [3.05, 3.63) is 76.3 Å². The zero-order valence-electron chi connectivity index (χ0n) is 17.3. The molecule has 8 nitrogen and oxygen atoms in total. The van der Waals surface area contributed by atoms with Crippen molar-refractivity contribution in [1.82, 2.24) is 14.3 Å². The molecule has 3 heterocycles. The standard InChI is InChI=1S/C23H24N4O4/c1-16-6-5-11-27-20(28)14-19(24-21(16)27)15-31-22(29)17-9-12-26(13-10-17)23(30)25-18-7-3-2-4-8-18/h2-8,11,14,17H,9-10,12-13,15H2,1H3,(H,25,30). The van der Waals surface area contributed by atoms with Crippen LogP contribution in [-0.2, 0) is 16.1 Å². The van der Waals surface area contributed by atoms with Crippen molar-refractivity contribution in [2.75, 3.05) is 18.4 Å². The average molecular weight is 420 g/mol. The number of fused-ring (bicyclic) bond motifs is 1. The fourth-order valence-corrected chi connectivity index (χ4v) is 3.69. The summed E-state index contributed by atoms with van der Waals surface area (Å²) in [5.74, 6) is -0.598. The highest BCUT2D eigenvalue weighted by Gasteiger charge is 2.28. The maximum absolute atomic E-state index is 12.5. The lowest BCUT2D eigenvalue weighted by atomic mass is 9.97. The smallest absolute Gasteiger partial charge is 0.321 e. The number of carbonyl (C=O) groups excluding carboxylic acids is 2. The first-order valence-corrected chi connectivity index (χ1v) is 10.3. The maximum atomic E-state index is 12.5. The summed E-state index contributed by atoms with van der Waals surface area (Å²) in [6.45, 7) is 2.79. The number of amides is 2. The number of ether oxygens (including phenoxy) is 1. The van der Waals surface area contributed by atoms with Gasteiger partial charge in [-0.05, 0) is 43.5 Å². The molecular formula is C23H24N4O4. The predicted molar refractivity (Wildman–Crippen MR) is 116 cm³/mol. The molecule has 0 unspecified atom stereocenters. The number of nitrogens with one attached hydrogen (secondary N) is 1. The topological polar surface area (TPSA) is 93.0 Å². The Bertz CT molecular complexity index is 1150. The van der Waals surface area contributed by atoms with E-state index >= 15 is 0 Å². The maximum Gasteiger partial charge on any atom is 0.321 e. The summed E-state index contributed by atoms with van der Waals surface area (Å²) in [5.41, 5.74) is 2.38. The number of benzene rings is 1. The SMILES string of the molecule is Cc1cccn2c(=O)cc(COC(=O)C3CCN(C(=O)Nc4ccccc4)CC3)nc12.